The number of hydrogen-bond acceptors (Lipinski definition) is 1. The van der Waals surface area contributed by atoms with Gasteiger partial charge in [0.1, 0.15) is 0 Å². The maximum absolute atomic E-state index is 10.6. The molecule has 1 aliphatic carbocycles. The molecule has 0 bridgehead atoms. The van der Waals surface area contributed by atoms with Gasteiger partial charge in [0.2, 0.25) is 0 Å². The average Bonchev–Trinajstić information content (AvgIpc) is 2.43. The smallest absolute Gasteiger partial charge is 0.0815 e. The first-order valence-corrected chi connectivity index (χ1v) is 8.52. The molecular weight excluding hydrogens is 256 g/mol. The molecule has 2 unspecified atom stereocenters. The van der Waals surface area contributed by atoms with Crippen LogP contribution in [-0.4, -0.2) is 5.11 Å². The van der Waals surface area contributed by atoms with Gasteiger partial charge < -0.3 is 5.11 Å². The monoisotopic (exact) mass is 288 g/mol. The van der Waals surface area contributed by atoms with Crippen molar-refractivity contribution >= 4 is 0 Å². The molecule has 1 aromatic carbocycles. The summed E-state index contributed by atoms with van der Waals surface area (Å²) in [6.07, 6.45) is 4.32. The highest BCUT2D eigenvalue weighted by atomic mass is 16.3. The van der Waals surface area contributed by atoms with Gasteiger partial charge in [-0.05, 0) is 52.7 Å². The topological polar surface area (TPSA) is 20.2 Å². The van der Waals surface area contributed by atoms with E-state index in [4.69, 9.17) is 0 Å². The van der Waals surface area contributed by atoms with Gasteiger partial charge in [0.05, 0.1) is 6.10 Å². The Morgan fingerprint density at radius 2 is 1.62 bits per heavy atom. The van der Waals surface area contributed by atoms with E-state index in [1.807, 2.05) is 0 Å². The van der Waals surface area contributed by atoms with Crippen molar-refractivity contribution in [2.75, 3.05) is 0 Å². The van der Waals surface area contributed by atoms with Gasteiger partial charge in [-0.25, -0.2) is 0 Å². The molecule has 21 heavy (non-hydrogen) atoms. The molecule has 0 amide bonds. The number of benzene rings is 1. The van der Waals surface area contributed by atoms with Crippen LogP contribution >= 0.6 is 0 Å². The molecule has 0 heterocycles. The highest BCUT2D eigenvalue weighted by Crippen LogP contribution is 2.46. The van der Waals surface area contributed by atoms with Crippen LogP contribution in [0, 0.1) is 5.92 Å². The molecule has 1 aliphatic rings. The van der Waals surface area contributed by atoms with Crippen LogP contribution in [0.4, 0.5) is 0 Å². The van der Waals surface area contributed by atoms with E-state index in [0.717, 1.165) is 18.4 Å². The van der Waals surface area contributed by atoms with Crippen LogP contribution in [0.3, 0.4) is 0 Å². The molecule has 0 radical (unpaired) electrons. The van der Waals surface area contributed by atoms with E-state index in [9.17, 15) is 5.11 Å². The lowest BCUT2D eigenvalue weighted by atomic mass is 9.63. The lowest BCUT2D eigenvalue weighted by Crippen LogP contribution is -2.34. The van der Waals surface area contributed by atoms with Crippen molar-refractivity contribution in [1.82, 2.24) is 0 Å². The van der Waals surface area contributed by atoms with E-state index in [0.29, 0.717) is 5.92 Å². The van der Waals surface area contributed by atoms with Crippen LogP contribution < -0.4 is 0 Å². The maximum Gasteiger partial charge on any atom is 0.0815 e. The predicted molar refractivity (Wildman–Crippen MR) is 90.8 cm³/mol. The molecule has 1 aromatic rings. The molecule has 0 aromatic heterocycles. The van der Waals surface area contributed by atoms with Crippen LogP contribution in [0.15, 0.2) is 18.2 Å². The summed E-state index contributed by atoms with van der Waals surface area (Å²) >= 11 is 0. The Morgan fingerprint density at radius 3 is 2.19 bits per heavy atom. The fourth-order valence-electron chi connectivity index (χ4n) is 3.73. The quantitative estimate of drug-likeness (QED) is 0.775. The van der Waals surface area contributed by atoms with E-state index in [1.165, 1.54) is 24.0 Å². The maximum atomic E-state index is 10.6. The average molecular weight is 288 g/mol. The Morgan fingerprint density at radius 1 is 1.05 bits per heavy atom. The third kappa shape index (κ3) is 3.18. The largest absolute Gasteiger partial charge is 0.388 e. The molecule has 0 saturated heterocycles. The molecule has 1 nitrogen and oxygen atoms in total. The van der Waals surface area contributed by atoms with Gasteiger partial charge in [-0.15, -0.1) is 0 Å². The van der Waals surface area contributed by atoms with Crippen molar-refractivity contribution in [2.24, 2.45) is 5.92 Å². The summed E-state index contributed by atoms with van der Waals surface area (Å²) in [7, 11) is 0. The summed E-state index contributed by atoms with van der Waals surface area (Å²) in [5.74, 6) is 0.327. The first-order chi connectivity index (χ1) is 9.69. The lowest BCUT2D eigenvalue weighted by molar-refractivity contribution is 0.112. The molecular formula is C20H32O. The molecule has 0 spiro atoms. The molecule has 1 N–H and O–H groups in total. The zero-order valence-electron chi connectivity index (χ0n) is 14.7. The minimum Gasteiger partial charge on any atom is -0.388 e. The summed E-state index contributed by atoms with van der Waals surface area (Å²) in [5, 5.41) is 10.6. The van der Waals surface area contributed by atoms with Gasteiger partial charge >= 0.3 is 0 Å². The van der Waals surface area contributed by atoms with Crippen molar-refractivity contribution in [2.45, 2.75) is 84.2 Å². The molecule has 2 rings (SSSR count). The van der Waals surface area contributed by atoms with E-state index < -0.39 is 0 Å². The summed E-state index contributed by atoms with van der Waals surface area (Å²) in [6, 6.07) is 6.71. The molecule has 0 aliphatic heterocycles. The molecule has 1 heteroatoms. The van der Waals surface area contributed by atoms with Crippen molar-refractivity contribution in [3.8, 4) is 0 Å². The summed E-state index contributed by atoms with van der Waals surface area (Å²) in [5.41, 5.74) is 4.48. The minimum absolute atomic E-state index is 0.217. The number of aliphatic hydroxyl groups is 1. The van der Waals surface area contributed by atoms with Crippen LogP contribution in [0.5, 0.6) is 0 Å². The Labute approximate surface area is 130 Å². The van der Waals surface area contributed by atoms with E-state index >= 15 is 0 Å². The first kappa shape index (κ1) is 16.5. The Kier molecular flexibility index (Phi) is 4.54. The van der Waals surface area contributed by atoms with Crippen LogP contribution in [0.25, 0.3) is 0 Å². The van der Waals surface area contributed by atoms with Crippen LogP contribution in [-0.2, 0) is 10.8 Å². The Hall–Kier alpha value is -0.820. The zero-order valence-corrected chi connectivity index (χ0v) is 14.7. The first-order valence-electron chi connectivity index (χ1n) is 8.52. The summed E-state index contributed by atoms with van der Waals surface area (Å²) in [6.45, 7) is 13.7. The second-order valence-electron chi connectivity index (χ2n) is 8.28. The van der Waals surface area contributed by atoms with Crippen molar-refractivity contribution in [3.05, 3.63) is 34.9 Å². The zero-order chi connectivity index (χ0) is 15.8. The second kappa shape index (κ2) is 5.76. The normalized spacial score (nSPS) is 22.4. The third-order valence-electron chi connectivity index (χ3n) is 5.50. The number of fused-ring (bicyclic) bond motifs is 1. The molecule has 118 valence electrons. The minimum atomic E-state index is -0.337. The third-order valence-corrected chi connectivity index (χ3v) is 5.50. The number of aliphatic hydroxyl groups excluding tert-OH is 1. The van der Waals surface area contributed by atoms with Gasteiger partial charge in [0.15, 0.2) is 0 Å². The summed E-state index contributed by atoms with van der Waals surface area (Å²) in [4.78, 5) is 0. The van der Waals surface area contributed by atoms with E-state index in [1.54, 1.807) is 0 Å². The lowest BCUT2D eigenvalue weighted by Gasteiger charge is -2.42. The SMILES string of the molecule is CCCC(C)C(O)c1ccc2c(c1)C(C)(C)CCC2(C)C. The highest BCUT2D eigenvalue weighted by molar-refractivity contribution is 5.44. The van der Waals surface area contributed by atoms with Crippen LogP contribution in [0.2, 0.25) is 0 Å². The van der Waals surface area contributed by atoms with Crippen LogP contribution in [0.1, 0.15) is 90.0 Å². The van der Waals surface area contributed by atoms with Gasteiger partial charge in [0, 0.05) is 0 Å². The fourth-order valence-corrected chi connectivity index (χ4v) is 3.73. The Balaban J connectivity index is 2.42. The number of rotatable bonds is 4. The van der Waals surface area contributed by atoms with Gasteiger partial charge in [-0.2, -0.15) is 0 Å². The van der Waals surface area contributed by atoms with Gasteiger partial charge in [-0.3, -0.25) is 0 Å². The van der Waals surface area contributed by atoms with E-state index in [-0.39, 0.29) is 16.9 Å². The fraction of sp³-hybridized carbons (Fsp3) is 0.700. The molecule has 2 atom stereocenters. The summed E-state index contributed by atoms with van der Waals surface area (Å²) < 4.78 is 0. The second-order valence-corrected chi connectivity index (χ2v) is 8.28. The highest BCUT2D eigenvalue weighted by Gasteiger charge is 2.37. The number of hydrogen-bond donors (Lipinski definition) is 1. The Bertz CT molecular complexity index is 499. The van der Waals surface area contributed by atoms with Gasteiger partial charge in [0.25, 0.3) is 0 Å². The molecule has 0 saturated carbocycles. The van der Waals surface area contributed by atoms with Crippen molar-refractivity contribution in [1.29, 1.82) is 0 Å². The predicted octanol–water partition coefficient (Wildman–Crippen LogP) is 5.51. The van der Waals surface area contributed by atoms with Gasteiger partial charge in [-0.1, -0.05) is 66.2 Å². The standard InChI is InChI=1S/C20H32O/c1-7-8-14(2)18(21)15-9-10-16-17(13-15)20(5,6)12-11-19(16,3)4/h9-10,13-14,18,21H,7-8,11-12H2,1-6H3. The van der Waals surface area contributed by atoms with E-state index in [2.05, 4.69) is 59.7 Å². The van der Waals surface area contributed by atoms with Crippen molar-refractivity contribution in [3.63, 3.8) is 0 Å². The van der Waals surface area contributed by atoms with Crippen molar-refractivity contribution < 1.29 is 5.11 Å². The molecule has 0 fully saturated rings.